The van der Waals surface area contributed by atoms with Gasteiger partial charge < -0.3 is 5.32 Å². The number of aromatic nitrogens is 2. The summed E-state index contributed by atoms with van der Waals surface area (Å²) in [5.41, 5.74) is 1.19. The Kier molecular flexibility index (Phi) is 4.11. The van der Waals surface area contributed by atoms with Gasteiger partial charge in [-0.1, -0.05) is 28.1 Å². The number of halogens is 2. The number of hydrogen-bond donors (Lipinski definition) is 1. The van der Waals surface area contributed by atoms with Crippen molar-refractivity contribution >= 4 is 44.5 Å². The zero-order chi connectivity index (χ0) is 11.4. The van der Waals surface area contributed by atoms with Crippen LogP contribution in [0.25, 0.3) is 0 Å². The minimum atomic E-state index is 0.653. The van der Waals surface area contributed by atoms with Crippen LogP contribution in [0.5, 0.6) is 0 Å². The van der Waals surface area contributed by atoms with Crippen LogP contribution in [0.4, 0.5) is 5.95 Å². The molecular formula is C11H9BrIN3. The summed E-state index contributed by atoms with van der Waals surface area (Å²) in [6, 6.07) is 8.14. The highest BCUT2D eigenvalue weighted by molar-refractivity contribution is 14.1. The van der Waals surface area contributed by atoms with Gasteiger partial charge >= 0.3 is 0 Å². The summed E-state index contributed by atoms with van der Waals surface area (Å²) in [5, 5.41) is 3.17. The summed E-state index contributed by atoms with van der Waals surface area (Å²) < 4.78 is 2.11. The largest absolute Gasteiger partial charge is 0.350 e. The van der Waals surface area contributed by atoms with Gasteiger partial charge in [0.05, 0.1) is 0 Å². The fraction of sp³-hybridized carbons (Fsp3) is 0.0909. The first kappa shape index (κ1) is 11.8. The second kappa shape index (κ2) is 5.58. The summed E-state index contributed by atoms with van der Waals surface area (Å²) >= 11 is 5.62. The maximum atomic E-state index is 4.17. The molecule has 0 amide bonds. The molecule has 3 nitrogen and oxygen atoms in total. The van der Waals surface area contributed by atoms with E-state index in [-0.39, 0.29) is 0 Å². The van der Waals surface area contributed by atoms with Crippen molar-refractivity contribution in [2.45, 2.75) is 6.54 Å². The molecule has 0 atom stereocenters. The Bertz CT molecular complexity index is 473. The average molecular weight is 390 g/mol. The lowest BCUT2D eigenvalue weighted by Gasteiger charge is -2.04. The van der Waals surface area contributed by atoms with Crippen molar-refractivity contribution in [3.8, 4) is 0 Å². The first-order valence-electron chi connectivity index (χ1n) is 4.70. The zero-order valence-corrected chi connectivity index (χ0v) is 12.1. The van der Waals surface area contributed by atoms with Crippen LogP contribution in [0.1, 0.15) is 5.56 Å². The second-order valence-corrected chi connectivity index (χ2v) is 5.37. The van der Waals surface area contributed by atoms with Crippen molar-refractivity contribution in [2.75, 3.05) is 5.32 Å². The highest BCUT2D eigenvalue weighted by atomic mass is 127. The van der Waals surface area contributed by atoms with Gasteiger partial charge in [-0.2, -0.15) is 0 Å². The van der Waals surface area contributed by atoms with Crippen molar-refractivity contribution in [2.24, 2.45) is 0 Å². The fourth-order valence-electron chi connectivity index (χ4n) is 1.23. The van der Waals surface area contributed by atoms with Crippen LogP contribution in [0.15, 0.2) is 41.1 Å². The van der Waals surface area contributed by atoms with Gasteiger partial charge in [-0.3, -0.25) is 0 Å². The third-order valence-corrected chi connectivity index (χ3v) is 3.01. The molecule has 1 aromatic carbocycles. The summed E-state index contributed by atoms with van der Waals surface area (Å²) in [7, 11) is 0. The Labute approximate surface area is 116 Å². The predicted molar refractivity (Wildman–Crippen MR) is 76.2 cm³/mol. The Morgan fingerprint density at radius 1 is 1.25 bits per heavy atom. The maximum absolute atomic E-state index is 4.17. The van der Waals surface area contributed by atoms with E-state index in [1.807, 2.05) is 12.1 Å². The van der Waals surface area contributed by atoms with Crippen LogP contribution in [-0.2, 0) is 6.54 Å². The molecule has 0 radical (unpaired) electrons. The zero-order valence-electron chi connectivity index (χ0n) is 8.32. The molecule has 2 aromatic rings. The van der Waals surface area contributed by atoms with E-state index in [1.54, 1.807) is 12.4 Å². The molecule has 0 fully saturated rings. The SMILES string of the molecule is Brc1cccc(CNc2ncc(I)cn2)c1. The third kappa shape index (κ3) is 3.41. The molecule has 0 spiro atoms. The van der Waals surface area contributed by atoms with E-state index in [2.05, 4.69) is 65.9 Å². The van der Waals surface area contributed by atoms with Gasteiger partial charge in [0, 0.05) is 27.0 Å². The van der Waals surface area contributed by atoms with E-state index in [9.17, 15) is 0 Å². The second-order valence-electron chi connectivity index (χ2n) is 3.21. The molecule has 0 bridgehead atoms. The van der Waals surface area contributed by atoms with Crippen molar-refractivity contribution in [1.29, 1.82) is 0 Å². The van der Waals surface area contributed by atoms with E-state index < -0.39 is 0 Å². The molecular weight excluding hydrogens is 381 g/mol. The molecule has 1 heterocycles. The molecule has 0 aliphatic rings. The van der Waals surface area contributed by atoms with Gasteiger partial charge in [0.2, 0.25) is 5.95 Å². The quantitative estimate of drug-likeness (QED) is 0.817. The van der Waals surface area contributed by atoms with E-state index in [0.717, 1.165) is 14.6 Å². The van der Waals surface area contributed by atoms with E-state index in [0.29, 0.717) is 5.95 Å². The summed E-state index contributed by atoms with van der Waals surface area (Å²) in [6.07, 6.45) is 3.58. The van der Waals surface area contributed by atoms with E-state index in [4.69, 9.17) is 0 Å². The predicted octanol–water partition coefficient (Wildman–Crippen LogP) is 3.46. The smallest absolute Gasteiger partial charge is 0.222 e. The molecule has 16 heavy (non-hydrogen) atoms. The minimum absolute atomic E-state index is 0.653. The summed E-state index contributed by atoms with van der Waals surface area (Å²) in [5.74, 6) is 0.653. The van der Waals surface area contributed by atoms with Gasteiger partial charge in [0.25, 0.3) is 0 Å². The number of nitrogens with zero attached hydrogens (tertiary/aromatic N) is 2. The number of hydrogen-bond acceptors (Lipinski definition) is 3. The Morgan fingerprint density at radius 2 is 2.00 bits per heavy atom. The van der Waals surface area contributed by atoms with Crippen LogP contribution in [0.3, 0.4) is 0 Å². The Morgan fingerprint density at radius 3 is 2.69 bits per heavy atom. The first-order chi connectivity index (χ1) is 7.74. The lowest BCUT2D eigenvalue weighted by Crippen LogP contribution is -2.03. The first-order valence-corrected chi connectivity index (χ1v) is 6.57. The van der Waals surface area contributed by atoms with Crippen LogP contribution in [-0.4, -0.2) is 9.97 Å². The van der Waals surface area contributed by atoms with Crippen LogP contribution in [0, 0.1) is 3.57 Å². The van der Waals surface area contributed by atoms with Gasteiger partial charge in [-0.05, 0) is 40.3 Å². The number of nitrogens with one attached hydrogen (secondary N) is 1. The van der Waals surface area contributed by atoms with Crippen molar-refractivity contribution < 1.29 is 0 Å². The van der Waals surface area contributed by atoms with E-state index in [1.165, 1.54) is 5.56 Å². The molecule has 5 heteroatoms. The fourth-order valence-corrected chi connectivity index (χ4v) is 1.96. The molecule has 0 unspecified atom stereocenters. The maximum Gasteiger partial charge on any atom is 0.222 e. The number of anilines is 1. The van der Waals surface area contributed by atoms with Crippen LogP contribution < -0.4 is 5.32 Å². The molecule has 1 aromatic heterocycles. The van der Waals surface area contributed by atoms with Gasteiger partial charge in [-0.15, -0.1) is 0 Å². The Hall–Kier alpha value is -0.690. The minimum Gasteiger partial charge on any atom is -0.350 e. The average Bonchev–Trinajstić information content (AvgIpc) is 2.28. The molecule has 0 saturated heterocycles. The topological polar surface area (TPSA) is 37.8 Å². The van der Waals surface area contributed by atoms with Gasteiger partial charge in [-0.25, -0.2) is 9.97 Å². The van der Waals surface area contributed by atoms with Crippen LogP contribution >= 0.6 is 38.5 Å². The van der Waals surface area contributed by atoms with Crippen molar-refractivity contribution in [3.05, 3.63) is 50.3 Å². The van der Waals surface area contributed by atoms with Gasteiger partial charge in [0.15, 0.2) is 0 Å². The third-order valence-electron chi connectivity index (χ3n) is 1.96. The van der Waals surface area contributed by atoms with Crippen LogP contribution in [0.2, 0.25) is 0 Å². The lowest BCUT2D eigenvalue weighted by molar-refractivity contribution is 1.05. The number of benzene rings is 1. The highest BCUT2D eigenvalue weighted by Crippen LogP contribution is 2.12. The van der Waals surface area contributed by atoms with Crippen molar-refractivity contribution in [1.82, 2.24) is 9.97 Å². The normalized spacial score (nSPS) is 10.1. The molecule has 0 aliphatic carbocycles. The number of rotatable bonds is 3. The molecule has 2 rings (SSSR count). The van der Waals surface area contributed by atoms with Crippen molar-refractivity contribution in [3.63, 3.8) is 0 Å². The summed E-state index contributed by atoms with van der Waals surface area (Å²) in [4.78, 5) is 8.35. The lowest BCUT2D eigenvalue weighted by atomic mass is 10.2. The molecule has 0 aliphatic heterocycles. The standard InChI is InChI=1S/C11H9BrIN3/c12-9-3-1-2-8(4-9)5-14-11-15-6-10(13)7-16-11/h1-4,6-7H,5H2,(H,14,15,16). The molecule has 0 saturated carbocycles. The molecule has 82 valence electrons. The monoisotopic (exact) mass is 389 g/mol. The molecule has 1 N–H and O–H groups in total. The summed E-state index contributed by atoms with van der Waals surface area (Å²) in [6.45, 7) is 0.722. The van der Waals surface area contributed by atoms with Gasteiger partial charge in [0.1, 0.15) is 0 Å². The Balaban J connectivity index is 1.99. The highest BCUT2D eigenvalue weighted by Gasteiger charge is 1.97. The van der Waals surface area contributed by atoms with E-state index >= 15 is 0 Å².